The van der Waals surface area contributed by atoms with Crippen molar-refractivity contribution in [2.45, 2.75) is 52.1 Å². The molecule has 6 aliphatic heterocycles. The molecular formula is C37H38FN9O2-2. The zero-order chi connectivity index (χ0) is 33.2. The van der Waals surface area contributed by atoms with Crippen molar-refractivity contribution in [3.05, 3.63) is 88.5 Å². The summed E-state index contributed by atoms with van der Waals surface area (Å²) in [5, 5.41) is 16.5. The smallest absolute Gasteiger partial charge is 0.270 e. The Labute approximate surface area is 284 Å². The molecule has 3 aromatic rings. The van der Waals surface area contributed by atoms with Gasteiger partial charge in [0.05, 0.1) is 31.0 Å². The van der Waals surface area contributed by atoms with Gasteiger partial charge in [0.15, 0.2) is 5.82 Å². The van der Waals surface area contributed by atoms with Crippen LogP contribution in [0.1, 0.15) is 42.3 Å². The molecule has 0 radical (unpaired) electrons. The van der Waals surface area contributed by atoms with E-state index in [1.807, 2.05) is 26.0 Å². The molecule has 2 saturated heterocycles. The summed E-state index contributed by atoms with van der Waals surface area (Å²) in [5.74, 6) is 0.717. The minimum Gasteiger partial charge on any atom is -0.675 e. The Morgan fingerprint density at radius 1 is 1.02 bits per heavy atom. The van der Waals surface area contributed by atoms with Crippen LogP contribution in [-0.2, 0) is 24.1 Å². The number of aliphatic hydroxyl groups excluding tert-OH is 1. The van der Waals surface area contributed by atoms with Crippen molar-refractivity contribution in [3.8, 4) is 22.9 Å². The number of fused-ring (bicyclic) bond motifs is 4. The molecule has 252 valence electrons. The quantitative estimate of drug-likeness (QED) is 0.180. The van der Waals surface area contributed by atoms with E-state index >= 15 is 4.39 Å². The predicted octanol–water partition coefficient (Wildman–Crippen LogP) is 5.80. The maximum Gasteiger partial charge on any atom is 0.270 e. The molecule has 2 aromatic carbocycles. The van der Waals surface area contributed by atoms with E-state index in [-0.39, 0.29) is 5.90 Å². The van der Waals surface area contributed by atoms with Gasteiger partial charge in [0.2, 0.25) is 0 Å². The number of ether oxygens (including phenoxy) is 1. The van der Waals surface area contributed by atoms with E-state index < -0.39 is 5.82 Å². The fraction of sp³-hybridized carbons (Fsp3) is 0.378. The third kappa shape index (κ3) is 5.21. The van der Waals surface area contributed by atoms with Gasteiger partial charge in [-0.15, -0.1) is 5.69 Å². The molecular weight excluding hydrogens is 621 g/mol. The van der Waals surface area contributed by atoms with E-state index in [9.17, 15) is 5.11 Å². The Hall–Kier alpha value is -4.94. The zero-order valence-electron chi connectivity index (χ0n) is 27.7. The topological polar surface area (TPSA) is 111 Å². The number of aromatic nitrogens is 5. The van der Waals surface area contributed by atoms with Crippen LogP contribution in [0.15, 0.2) is 48.8 Å². The highest BCUT2D eigenvalue weighted by molar-refractivity contribution is 5.92. The van der Waals surface area contributed by atoms with Crippen LogP contribution < -0.4 is 9.88 Å². The monoisotopic (exact) mass is 659 g/mol. The van der Waals surface area contributed by atoms with Crippen LogP contribution in [0.3, 0.4) is 0 Å². The van der Waals surface area contributed by atoms with E-state index in [2.05, 4.69) is 42.5 Å². The molecule has 49 heavy (non-hydrogen) atoms. The van der Waals surface area contributed by atoms with E-state index in [1.54, 1.807) is 4.58 Å². The average Bonchev–Trinajstić information content (AvgIpc) is 3.71. The van der Waals surface area contributed by atoms with Gasteiger partial charge in [0, 0.05) is 61.8 Å². The molecule has 11 nitrogen and oxygen atoms in total. The van der Waals surface area contributed by atoms with Gasteiger partial charge in [-0.1, -0.05) is 12.1 Å². The van der Waals surface area contributed by atoms with Crippen LogP contribution in [0, 0.1) is 18.8 Å². The van der Waals surface area contributed by atoms with Crippen molar-refractivity contribution in [1.29, 1.82) is 0 Å². The first kappa shape index (κ1) is 30.1. The van der Waals surface area contributed by atoms with Gasteiger partial charge < -0.3 is 29.6 Å². The minimum atomic E-state index is -0.452. The number of hydrogen-bond donors (Lipinski definition) is 1. The molecule has 0 amide bonds. The first-order valence-corrected chi connectivity index (χ1v) is 17.2. The lowest BCUT2D eigenvalue weighted by Gasteiger charge is -2.43. The van der Waals surface area contributed by atoms with Gasteiger partial charge in [-0.3, -0.25) is 14.5 Å². The number of imidazole rings is 1. The lowest BCUT2D eigenvalue weighted by Crippen LogP contribution is -2.56. The lowest BCUT2D eigenvalue weighted by molar-refractivity contribution is -0.436. The molecule has 9 rings (SSSR count). The molecule has 0 atom stereocenters. The minimum absolute atomic E-state index is 0.118. The van der Waals surface area contributed by atoms with Gasteiger partial charge in [0.25, 0.3) is 5.90 Å². The second-order valence-electron chi connectivity index (χ2n) is 13.5. The van der Waals surface area contributed by atoms with E-state index in [1.165, 1.54) is 24.2 Å². The van der Waals surface area contributed by atoms with Gasteiger partial charge in [-0.2, -0.15) is 0 Å². The Bertz CT molecular complexity index is 2040. The molecule has 0 spiro atoms. The highest BCUT2D eigenvalue weighted by atomic mass is 19.1. The molecule has 2 fully saturated rings. The second-order valence-corrected chi connectivity index (χ2v) is 13.5. The first-order chi connectivity index (χ1) is 23.9. The van der Waals surface area contributed by atoms with Crippen molar-refractivity contribution in [2.75, 3.05) is 44.3 Å². The van der Waals surface area contributed by atoms with E-state index in [0.29, 0.717) is 46.9 Å². The molecule has 1 N–H and O–H groups in total. The average molecular weight is 660 g/mol. The third-order valence-electron chi connectivity index (χ3n) is 10.6. The highest BCUT2D eigenvalue weighted by Crippen LogP contribution is 2.41. The van der Waals surface area contributed by atoms with Crippen molar-refractivity contribution in [1.82, 2.24) is 29.4 Å². The fourth-order valence-electron chi connectivity index (χ4n) is 7.78. The molecule has 0 unspecified atom stereocenters. The molecule has 0 bridgehead atoms. The Balaban J connectivity index is 1.02. The standard InChI is InChI=1S/C37H38FN9O2/c1-22-15-32-30(18-27-5-3-4-10-46(27)32)37(48)47(22)31-17-24(38)16-29(23(31)2)34-42-35-33(39-21-40-35)36(43-34)41-25-6-8-26(9-7-25)44-11-13-45(14-12-44)28-19-49-20-28/h6-9,16-18,21,28H,3-5,10-15,19-20H2,1-2H3,(H-2,39,40,41,42,43,48)/q-2. The van der Waals surface area contributed by atoms with Crippen LogP contribution >= 0.6 is 0 Å². The SMILES string of the molecule is Cc1c(-c2nc3ncnc-3c([N-]c3ccc(N4CCN(C5COC5)CC4)cc3)[n-]2)cc(F)cc1[N+]1=C(O)c2cc3n(c2C[C-]1C)CCCC3. The van der Waals surface area contributed by atoms with Crippen LogP contribution in [0.25, 0.3) is 28.2 Å². The lowest BCUT2D eigenvalue weighted by atomic mass is 9.99. The van der Waals surface area contributed by atoms with Gasteiger partial charge in [0.1, 0.15) is 17.8 Å². The highest BCUT2D eigenvalue weighted by Gasteiger charge is 2.32. The molecule has 7 heterocycles. The van der Waals surface area contributed by atoms with Gasteiger partial charge >= 0.3 is 0 Å². The first-order valence-electron chi connectivity index (χ1n) is 17.2. The number of benzene rings is 2. The van der Waals surface area contributed by atoms with E-state index in [4.69, 9.17) is 20.0 Å². The van der Waals surface area contributed by atoms with Crippen molar-refractivity contribution < 1.29 is 18.8 Å². The Kier molecular flexibility index (Phi) is 7.31. The number of piperazine rings is 1. The summed E-state index contributed by atoms with van der Waals surface area (Å²) in [7, 11) is 0. The maximum absolute atomic E-state index is 15.5. The van der Waals surface area contributed by atoms with Crippen LogP contribution in [-0.4, -0.2) is 85.4 Å². The summed E-state index contributed by atoms with van der Waals surface area (Å²) >= 11 is 0. The number of anilines is 1. The van der Waals surface area contributed by atoms with Crippen LogP contribution in [0.5, 0.6) is 0 Å². The summed E-state index contributed by atoms with van der Waals surface area (Å²) in [4.78, 5) is 23.2. The third-order valence-corrected chi connectivity index (χ3v) is 10.6. The summed E-state index contributed by atoms with van der Waals surface area (Å²) in [5.41, 5.74) is 7.34. The Morgan fingerprint density at radius 2 is 1.84 bits per heavy atom. The number of rotatable bonds is 6. The molecule has 12 heteroatoms. The molecule has 0 saturated carbocycles. The zero-order valence-corrected chi connectivity index (χ0v) is 27.7. The summed E-state index contributed by atoms with van der Waals surface area (Å²) < 4.78 is 25.0. The Morgan fingerprint density at radius 3 is 2.61 bits per heavy atom. The number of aryl methyl sites for hydroxylation is 1. The summed E-state index contributed by atoms with van der Waals surface area (Å²) in [6, 6.07) is 14.6. The number of hydrogen-bond acceptors (Lipinski definition) is 6. The fourth-order valence-corrected chi connectivity index (χ4v) is 7.78. The maximum atomic E-state index is 15.5. The van der Waals surface area contributed by atoms with Crippen LogP contribution in [0.4, 0.5) is 27.3 Å². The molecule has 0 aliphatic carbocycles. The number of halogens is 1. The number of aliphatic hydroxyl groups is 1. The molecule has 6 aliphatic rings. The van der Waals surface area contributed by atoms with Crippen molar-refractivity contribution in [2.24, 2.45) is 0 Å². The van der Waals surface area contributed by atoms with Crippen molar-refractivity contribution >= 4 is 28.8 Å². The number of nitrogens with zero attached hydrogens (tertiary/aromatic N) is 9. The summed E-state index contributed by atoms with van der Waals surface area (Å²) in [6.07, 6.45) is 5.40. The largest absolute Gasteiger partial charge is 0.675 e. The normalized spacial score (nSPS) is 18.5. The van der Waals surface area contributed by atoms with Crippen molar-refractivity contribution in [3.63, 3.8) is 0 Å². The predicted molar refractivity (Wildman–Crippen MR) is 184 cm³/mol. The van der Waals surface area contributed by atoms with Gasteiger partial charge in [-0.25, -0.2) is 20.2 Å². The van der Waals surface area contributed by atoms with Gasteiger partial charge in [-0.05, 0) is 80.4 Å². The molecule has 1 aromatic heterocycles. The van der Waals surface area contributed by atoms with E-state index in [0.717, 1.165) is 99.4 Å². The van der Waals surface area contributed by atoms with Crippen LogP contribution in [0.2, 0.25) is 0 Å². The summed E-state index contributed by atoms with van der Waals surface area (Å²) in [6.45, 7) is 10.5. The second kappa shape index (κ2) is 11.9.